The number of hydrogen-bond donors (Lipinski definition) is 1. The molecule has 2 unspecified atom stereocenters. The first-order chi connectivity index (χ1) is 14.6. The molecule has 7 rings (SSSR count). The maximum absolute atomic E-state index is 13.6. The molecule has 3 aromatic carbocycles. The van der Waals surface area contributed by atoms with E-state index in [4.69, 9.17) is 0 Å². The summed E-state index contributed by atoms with van der Waals surface area (Å²) in [4.78, 5) is 28.4. The van der Waals surface area contributed by atoms with Crippen molar-refractivity contribution < 1.29 is 14.8 Å². The summed E-state index contributed by atoms with van der Waals surface area (Å²) in [6, 6.07) is 22.1. The molecular formula is C24H17N2O4-. The quantitative estimate of drug-likeness (QED) is 0.526. The van der Waals surface area contributed by atoms with Crippen molar-refractivity contribution in [3.05, 3.63) is 100 Å². The number of amides is 2. The van der Waals surface area contributed by atoms with Gasteiger partial charge in [-0.05, 0) is 40.5 Å². The molecule has 6 nitrogen and oxygen atoms in total. The second-order valence-electron chi connectivity index (χ2n) is 8.07. The highest BCUT2D eigenvalue weighted by atomic mass is 16.8. The highest BCUT2D eigenvalue weighted by Gasteiger charge is 2.61. The molecule has 6 heteroatoms. The molecule has 1 aliphatic heterocycles. The van der Waals surface area contributed by atoms with Gasteiger partial charge in [-0.15, -0.1) is 0 Å². The summed E-state index contributed by atoms with van der Waals surface area (Å²) in [6.07, 6.45) is 0. The predicted molar refractivity (Wildman–Crippen MR) is 110 cm³/mol. The summed E-state index contributed by atoms with van der Waals surface area (Å²) in [5.41, 5.74) is 4.72. The van der Waals surface area contributed by atoms with Crippen LogP contribution in [-0.2, 0) is 9.59 Å². The zero-order chi connectivity index (χ0) is 20.6. The summed E-state index contributed by atoms with van der Waals surface area (Å²) < 4.78 is 0. The zero-order valence-corrected chi connectivity index (χ0v) is 15.8. The molecule has 0 saturated carbocycles. The van der Waals surface area contributed by atoms with Gasteiger partial charge < -0.3 is 10.4 Å². The Kier molecular flexibility index (Phi) is 3.48. The van der Waals surface area contributed by atoms with Gasteiger partial charge in [-0.3, -0.25) is 14.8 Å². The van der Waals surface area contributed by atoms with Crippen molar-refractivity contribution in [2.45, 2.75) is 11.8 Å². The fourth-order valence-corrected chi connectivity index (χ4v) is 5.68. The number of hydrogen-bond acceptors (Lipinski definition) is 5. The third-order valence-corrected chi connectivity index (χ3v) is 6.76. The van der Waals surface area contributed by atoms with E-state index in [0.717, 1.165) is 22.3 Å². The molecule has 4 aliphatic rings. The van der Waals surface area contributed by atoms with E-state index >= 15 is 0 Å². The smallest absolute Gasteiger partial charge is 0.238 e. The van der Waals surface area contributed by atoms with Crippen molar-refractivity contribution in [2.24, 2.45) is 11.8 Å². The minimum absolute atomic E-state index is 0.0301. The molecule has 0 spiro atoms. The fourth-order valence-electron chi connectivity index (χ4n) is 5.68. The van der Waals surface area contributed by atoms with Crippen LogP contribution in [0.25, 0.3) is 0 Å². The van der Waals surface area contributed by atoms with E-state index in [2.05, 4.69) is 24.3 Å². The van der Waals surface area contributed by atoms with Crippen LogP contribution in [-0.4, -0.2) is 17.0 Å². The minimum Gasteiger partial charge on any atom is -0.733 e. The van der Waals surface area contributed by atoms with Crippen molar-refractivity contribution in [3.63, 3.8) is 0 Å². The number of carbonyl (C=O) groups excluding carboxylic acids is 2. The minimum atomic E-state index is -0.478. The van der Waals surface area contributed by atoms with Crippen molar-refractivity contribution in [2.75, 3.05) is 10.1 Å². The van der Waals surface area contributed by atoms with Gasteiger partial charge >= 0.3 is 0 Å². The van der Waals surface area contributed by atoms with Crippen LogP contribution >= 0.6 is 0 Å². The average Bonchev–Trinajstić information content (AvgIpc) is 3.04. The summed E-state index contributed by atoms with van der Waals surface area (Å²) >= 11 is 0. The molecule has 30 heavy (non-hydrogen) atoms. The van der Waals surface area contributed by atoms with E-state index in [1.807, 2.05) is 24.3 Å². The Morgan fingerprint density at radius 2 is 1.20 bits per heavy atom. The van der Waals surface area contributed by atoms with Crippen LogP contribution in [0.3, 0.4) is 0 Å². The van der Waals surface area contributed by atoms with Gasteiger partial charge in [0.1, 0.15) is 0 Å². The Hall–Kier alpha value is -3.48. The van der Waals surface area contributed by atoms with Gasteiger partial charge in [0.25, 0.3) is 0 Å². The second kappa shape index (κ2) is 6.01. The van der Waals surface area contributed by atoms with Gasteiger partial charge in [0.15, 0.2) is 0 Å². The van der Waals surface area contributed by atoms with Crippen molar-refractivity contribution in [3.8, 4) is 0 Å². The largest absolute Gasteiger partial charge is 0.733 e. The van der Waals surface area contributed by atoms with Crippen LogP contribution in [0.15, 0.2) is 72.8 Å². The summed E-state index contributed by atoms with van der Waals surface area (Å²) in [5, 5.41) is 20.3. The topological polar surface area (TPSA) is 83.9 Å². The van der Waals surface area contributed by atoms with Crippen molar-refractivity contribution >= 4 is 23.2 Å². The van der Waals surface area contributed by atoms with E-state index in [0.29, 0.717) is 5.69 Å². The van der Waals surface area contributed by atoms with Gasteiger partial charge in [-0.25, -0.2) is 4.90 Å². The predicted octanol–water partition coefficient (Wildman–Crippen LogP) is 3.78. The molecule has 1 N–H and O–H groups in total. The fraction of sp³-hybridized carbons (Fsp3) is 0.167. The molecule has 1 heterocycles. The summed E-state index contributed by atoms with van der Waals surface area (Å²) in [5.74, 6) is -1.81. The van der Waals surface area contributed by atoms with Gasteiger partial charge in [-0.1, -0.05) is 54.6 Å². The van der Waals surface area contributed by atoms with E-state index in [1.54, 1.807) is 12.1 Å². The third kappa shape index (κ3) is 2.09. The SMILES string of the molecule is O=C1C2C3c4ccccc4C(c4ccccc43)C2C(=O)N1c1cccc(N([O-])O)c1. The Bertz CT molecular complexity index is 1110. The molecule has 0 aromatic heterocycles. The zero-order valence-electron chi connectivity index (χ0n) is 15.8. The number of anilines is 2. The Morgan fingerprint density at radius 1 is 0.733 bits per heavy atom. The first kappa shape index (κ1) is 17.4. The normalized spacial score (nSPS) is 25.7. The lowest BCUT2D eigenvalue weighted by molar-refractivity contribution is -0.122. The number of carbonyl (C=O) groups is 2. The maximum atomic E-state index is 13.6. The van der Waals surface area contributed by atoms with E-state index in [1.165, 1.54) is 17.0 Å². The monoisotopic (exact) mass is 397 g/mol. The molecule has 0 radical (unpaired) electrons. The molecule has 2 amide bonds. The number of rotatable bonds is 2. The van der Waals surface area contributed by atoms with Gasteiger partial charge in [0.05, 0.1) is 23.2 Å². The first-order valence-corrected chi connectivity index (χ1v) is 9.89. The lowest BCUT2D eigenvalue weighted by Crippen LogP contribution is -2.41. The molecule has 148 valence electrons. The average molecular weight is 397 g/mol. The summed E-state index contributed by atoms with van der Waals surface area (Å²) in [7, 11) is 0. The van der Waals surface area contributed by atoms with Crippen LogP contribution in [0.5, 0.6) is 0 Å². The van der Waals surface area contributed by atoms with E-state index in [-0.39, 0.29) is 34.6 Å². The number of imide groups is 1. The molecule has 2 bridgehead atoms. The van der Waals surface area contributed by atoms with Crippen LogP contribution in [0.2, 0.25) is 0 Å². The standard InChI is InChI=1S/C24H17N2O4/c27-23-21-19-15-8-1-2-9-16(15)20(18-11-4-3-10-17(18)19)22(21)24(28)25(23)13-6-5-7-14(12-13)26(29)30/h1-12,19-22,29H/q-1. The third-order valence-electron chi connectivity index (χ3n) is 6.76. The maximum Gasteiger partial charge on any atom is 0.238 e. The molecule has 1 fully saturated rings. The molecule has 1 saturated heterocycles. The van der Waals surface area contributed by atoms with E-state index < -0.39 is 11.8 Å². The van der Waals surface area contributed by atoms with Gasteiger partial charge in [-0.2, -0.15) is 0 Å². The van der Waals surface area contributed by atoms with Crippen molar-refractivity contribution in [1.82, 2.24) is 0 Å². The number of benzene rings is 3. The molecule has 3 aliphatic carbocycles. The molecule has 2 atom stereocenters. The highest BCUT2D eigenvalue weighted by Crippen LogP contribution is 2.61. The first-order valence-electron chi connectivity index (χ1n) is 9.89. The Labute approximate surface area is 172 Å². The van der Waals surface area contributed by atoms with Crippen LogP contribution in [0.1, 0.15) is 34.1 Å². The van der Waals surface area contributed by atoms with Gasteiger partial charge in [0, 0.05) is 11.8 Å². The van der Waals surface area contributed by atoms with Crippen LogP contribution in [0, 0.1) is 17.0 Å². The second-order valence-corrected chi connectivity index (χ2v) is 8.07. The van der Waals surface area contributed by atoms with Crippen molar-refractivity contribution in [1.29, 1.82) is 0 Å². The van der Waals surface area contributed by atoms with Crippen LogP contribution < -0.4 is 10.1 Å². The lowest BCUT2D eigenvalue weighted by atomic mass is 9.55. The lowest BCUT2D eigenvalue weighted by Gasteiger charge is -2.45. The van der Waals surface area contributed by atoms with Gasteiger partial charge in [0.2, 0.25) is 11.8 Å². The highest BCUT2D eigenvalue weighted by molar-refractivity contribution is 6.23. The summed E-state index contributed by atoms with van der Waals surface area (Å²) in [6.45, 7) is 0. The molecular weight excluding hydrogens is 380 g/mol. The molecule has 3 aromatic rings. The Balaban J connectivity index is 1.53. The Morgan fingerprint density at radius 3 is 1.63 bits per heavy atom. The van der Waals surface area contributed by atoms with E-state index in [9.17, 15) is 20.0 Å². The number of nitrogens with zero attached hydrogens (tertiary/aromatic N) is 2. The van der Waals surface area contributed by atoms with Crippen LogP contribution in [0.4, 0.5) is 11.4 Å².